The van der Waals surface area contributed by atoms with E-state index in [1.54, 1.807) is 0 Å². The highest BCUT2D eigenvalue weighted by Crippen LogP contribution is 1.89. The Labute approximate surface area is 64.1 Å². The summed E-state index contributed by atoms with van der Waals surface area (Å²) in [6.45, 7) is 7.80. The fourth-order valence-electron chi connectivity index (χ4n) is 1.36. The molecule has 0 aromatic rings. The van der Waals surface area contributed by atoms with Crippen LogP contribution in [0.4, 0.5) is 0 Å². The molecule has 1 saturated heterocycles. The van der Waals surface area contributed by atoms with Gasteiger partial charge in [-0.15, -0.1) is 0 Å². The van der Waals surface area contributed by atoms with Gasteiger partial charge in [-0.05, 0) is 6.32 Å². The van der Waals surface area contributed by atoms with Crippen LogP contribution < -0.4 is 15.4 Å². The van der Waals surface area contributed by atoms with Crippen LogP contribution in [0, 0.1) is 0 Å². The molecule has 0 aromatic heterocycles. The lowest BCUT2D eigenvalue weighted by atomic mass is 9.50. The van der Waals surface area contributed by atoms with Crippen molar-refractivity contribution >= 4 is 20.9 Å². The van der Waals surface area contributed by atoms with Gasteiger partial charge in [0.25, 0.3) is 20.9 Å². The van der Waals surface area contributed by atoms with Crippen molar-refractivity contribution in [2.24, 2.45) is 0 Å². The van der Waals surface area contributed by atoms with Gasteiger partial charge in [0, 0.05) is 0 Å². The first kappa shape index (κ1) is 8.17. The molecule has 0 saturated carbocycles. The van der Waals surface area contributed by atoms with Gasteiger partial charge in [0.15, 0.2) is 0 Å². The van der Waals surface area contributed by atoms with Crippen molar-refractivity contribution in [3.8, 4) is 0 Å². The Kier molecular flexibility index (Phi) is 2.83. The predicted octanol–water partition coefficient (Wildman–Crippen LogP) is -0.487. The van der Waals surface area contributed by atoms with Crippen LogP contribution in [-0.2, 0) is 0 Å². The highest BCUT2D eigenvalue weighted by Gasteiger charge is 2.27. The van der Waals surface area contributed by atoms with Crippen LogP contribution in [0.5, 0.6) is 0 Å². The maximum atomic E-state index is 3.37. The molecule has 0 spiro atoms. The monoisotopic (exact) mass is 137 g/mol. The number of rotatable bonds is 1. The Morgan fingerprint density at radius 1 is 1.00 bits per heavy atom. The Morgan fingerprint density at radius 2 is 1.50 bits per heavy atom. The zero-order valence-electron chi connectivity index (χ0n) is 6.94. The van der Waals surface area contributed by atoms with Crippen molar-refractivity contribution in [2.45, 2.75) is 26.9 Å². The molecular weight excluding hydrogens is 123 g/mol. The highest BCUT2D eigenvalue weighted by molar-refractivity contribution is 6.86. The molecule has 54 valence electrons. The molecule has 1 rings (SSSR count). The Morgan fingerprint density at radius 3 is 1.90 bits per heavy atom. The molecule has 0 bridgehead atoms. The fraction of sp³-hybridized carbons (Fsp3) is 1.00. The average molecular weight is 137 g/mol. The molecule has 0 radical (unpaired) electrons. The van der Waals surface area contributed by atoms with Gasteiger partial charge in [-0.25, -0.2) is 0 Å². The Balaban J connectivity index is 2.35. The summed E-state index contributed by atoms with van der Waals surface area (Å²) in [4.78, 5) is 0. The first-order valence-electron chi connectivity index (χ1n) is 4.00. The SMILES string of the molecule is CCB1NB(C)NB(C)N1. The zero-order valence-corrected chi connectivity index (χ0v) is 6.94. The topological polar surface area (TPSA) is 36.1 Å². The van der Waals surface area contributed by atoms with E-state index < -0.39 is 0 Å². The van der Waals surface area contributed by atoms with Crippen LogP contribution >= 0.6 is 0 Å². The third-order valence-electron chi connectivity index (χ3n) is 1.81. The molecule has 0 amide bonds. The van der Waals surface area contributed by atoms with Crippen LogP contribution in [0.15, 0.2) is 0 Å². The predicted molar refractivity (Wildman–Crippen MR) is 48.9 cm³/mol. The lowest BCUT2D eigenvalue weighted by Gasteiger charge is -2.29. The Bertz CT molecular complexity index is 102. The van der Waals surface area contributed by atoms with Crippen LogP contribution in [0.1, 0.15) is 6.92 Å². The average Bonchev–Trinajstić information content (AvgIpc) is 1.85. The van der Waals surface area contributed by atoms with Crippen LogP contribution in [0.2, 0.25) is 20.0 Å². The van der Waals surface area contributed by atoms with E-state index >= 15 is 0 Å². The van der Waals surface area contributed by atoms with Gasteiger partial charge >= 0.3 is 0 Å². The van der Waals surface area contributed by atoms with Crippen LogP contribution in [0.25, 0.3) is 0 Å². The maximum absolute atomic E-state index is 3.37. The molecule has 3 nitrogen and oxygen atoms in total. The van der Waals surface area contributed by atoms with Gasteiger partial charge in [-0.1, -0.05) is 20.6 Å². The number of nitrogens with one attached hydrogen (secondary N) is 3. The quantitative estimate of drug-likeness (QED) is 0.426. The molecule has 1 aliphatic rings. The lowest BCUT2D eigenvalue weighted by Crippen LogP contribution is -2.72. The minimum atomic E-state index is 0.432. The van der Waals surface area contributed by atoms with Gasteiger partial charge in [0.05, 0.1) is 0 Å². The molecule has 1 heterocycles. The molecule has 1 aliphatic heterocycles. The van der Waals surface area contributed by atoms with Crippen LogP contribution in [-0.4, -0.2) is 20.9 Å². The van der Waals surface area contributed by atoms with E-state index in [1.165, 1.54) is 0 Å². The van der Waals surface area contributed by atoms with Crippen molar-refractivity contribution in [3.63, 3.8) is 0 Å². The molecular formula is C4H14B3N3. The highest BCUT2D eigenvalue weighted by atomic mass is 15.0. The third kappa shape index (κ3) is 2.04. The summed E-state index contributed by atoms with van der Waals surface area (Å²) in [5, 5.41) is 10.1. The van der Waals surface area contributed by atoms with E-state index in [0.717, 1.165) is 6.32 Å². The molecule has 0 aliphatic carbocycles. The lowest BCUT2D eigenvalue weighted by molar-refractivity contribution is 1.12. The molecule has 0 atom stereocenters. The van der Waals surface area contributed by atoms with Gasteiger partial charge in [-0.3, -0.25) is 0 Å². The maximum Gasteiger partial charge on any atom is 0.284 e. The van der Waals surface area contributed by atoms with Crippen molar-refractivity contribution in [1.82, 2.24) is 15.4 Å². The second-order valence-corrected chi connectivity index (χ2v) is 2.90. The molecule has 1 fully saturated rings. The summed E-state index contributed by atoms with van der Waals surface area (Å²) >= 11 is 0. The summed E-state index contributed by atoms with van der Waals surface area (Å²) in [5.41, 5.74) is 0. The molecule has 3 N–H and O–H groups in total. The smallest absolute Gasteiger partial charge is 0.284 e. The van der Waals surface area contributed by atoms with E-state index in [1.807, 2.05) is 0 Å². The van der Waals surface area contributed by atoms with E-state index in [9.17, 15) is 0 Å². The third-order valence-corrected chi connectivity index (χ3v) is 1.81. The normalized spacial score (nSPS) is 20.1. The second-order valence-electron chi connectivity index (χ2n) is 2.90. The molecule has 0 aromatic carbocycles. The van der Waals surface area contributed by atoms with E-state index in [4.69, 9.17) is 0 Å². The standard InChI is InChI=1S/C4H14B3N3/c1-4-7-9-5(2)8-6(3)10-7/h8-10H,4H2,1-3H3. The Hall–Kier alpha value is 0.0748. The first-order chi connectivity index (χ1) is 4.72. The largest absolute Gasteiger partial charge is 0.372 e. The van der Waals surface area contributed by atoms with Gasteiger partial charge in [0.2, 0.25) is 0 Å². The molecule has 0 unspecified atom stereocenters. The van der Waals surface area contributed by atoms with E-state index in [2.05, 4.69) is 36.0 Å². The summed E-state index contributed by atoms with van der Waals surface area (Å²) in [7, 11) is 0. The summed E-state index contributed by atoms with van der Waals surface area (Å²) < 4.78 is 0. The fourth-order valence-corrected chi connectivity index (χ4v) is 1.36. The van der Waals surface area contributed by atoms with Gasteiger partial charge in [-0.2, -0.15) is 0 Å². The summed E-state index contributed by atoms with van der Waals surface area (Å²) in [5.74, 6) is 0. The summed E-state index contributed by atoms with van der Waals surface area (Å²) in [6, 6.07) is 0. The van der Waals surface area contributed by atoms with Crippen molar-refractivity contribution in [2.75, 3.05) is 0 Å². The number of hydrogen-bond donors (Lipinski definition) is 3. The molecule has 10 heavy (non-hydrogen) atoms. The van der Waals surface area contributed by atoms with Crippen LogP contribution in [0.3, 0.4) is 0 Å². The van der Waals surface area contributed by atoms with Gasteiger partial charge < -0.3 is 15.4 Å². The van der Waals surface area contributed by atoms with Gasteiger partial charge in [0.1, 0.15) is 0 Å². The zero-order chi connectivity index (χ0) is 7.56. The molecule has 6 heteroatoms. The minimum Gasteiger partial charge on any atom is -0.372 e. The summed E-state index contributed by atoms with van der Waals surface area (Å²) in [6.07, 6.45) is 1.14. The van der Waals surface area contributed by atoms with Crippen molar-refractivity contribution in [1.29, 1.82) is 0 Å². The van der Waals surface area contributed by atoms with Crippen molar-refractivity contribution in [3.05, 3.63) is 0 Å². The minimum absolute atomic E-state index is 0.432. The second kappa shape index (κ2) is 3.46. The first-order valence-corrected chi connectivity index (χ1v) is 4.00. The van der Waals surface area contributed by atoms with E-state index in [-0.39, 0.29) is 0 Å². The number of hydrogen-bond acceptors (Lipinski definition) is 3. The van der Waals surface area contributed by atoms with E-state index in [0.29, 0.717) is 20.9 Å². The van der Waals surface area contributed by atoms with Crippen molar-refractivity contribution < 1.29 is 0 Å².